The summed E-state index contributed by atoms with van der Waals surface area (Å²) in [6, 6.07) is 1.31. The van der Waals surface area contributed by atoms with Crippen LogP contribution in [0, 0.1) is 9.39 Å². The fourth-order valence-electron chi connectivity index (χ4n) is 1.54. The van der Waals surface area contributed by atoms with Crippen LogP contribution < -0.4 is 4.90 Å². The fraction of sp³-hybridized carbons (Fsp3) is 0.444. The number of nitrogens with zero attached hydrogens (tertiary/aromatic N) is 2. The summed E-state index contributed by atoms with van der Waals surface area (Å²) in [4.78, 5) is 5.85. The maximum absolute atomic E-state index is 13.2. The van der Waals surface area contributed by atoms with Crippen molar-refractivity contribution >= 4 is 28.4 Å². The molecule has 0 aliphatic carbocycles. The lowest BCUT2D eigenvalue weighted by atomic mass is 10.3. The van der Waals surface area contributed by atoms with E-state index in [0.717, 1.165) is 0 Å². The van der Waals surface area contributed by atoms with E-state index in [4.69, 9.17) is 0 Å². The Morgan fingerprint density at radius 2 is 2.36 bits per heavy atom. The molecule has 0 amide bonds. The van der Waals surface area contributed by atoms with E-state index >= 15 is 0 Å². The van der Waals surface area contributed by atoms with Crippen LogP contribution in [0.25, 0.3) is 0 Å². The zero-order valence-corrected chi connectivity index (χ0v) is 9.54. The Balaban J connectivity index is 2.28. The Morgan fingerprint density at radius 3 is 3.00 bits per heavy atom. The predicted octanol–water partition coefficient (Wildman–Crippen LogP) is 2.37. The minimum atomic E-state index is -0.809. The van der Waals surface area contributed by atoms with E-state index in [2.05, 4.69) is 4.98 Å². The second-order valence-electron chi connectivity index (χ2n) is 3.26. The number of rotatable bonds is 1. The summed E-state index contributed by atoms with van der Waals surface area (Å²) in [7, 11) is 0. The average Bonchev–Trinajstić information content (AvgIpc) is 2.57. The van der Waals surface area contributed by atoms with E-state index in [1.807, 2.05) is 22.6 Å². The van der Waals surface area contributed by atoms with Gasteiger partial charge in [-0.25, -0.2) is 13.8 Å². The second-order valence-corrected chi connectivity index (χ2v) is 4.34. The molecule has 1 aliphatic heterocycles. The number of anilines is 1. The van der Waals surface area contributed by atoms with E-state index in [1.54, 1.807) is 4.90 Å². The predicted molar refractivity (Wildman–Crippen MR) is 58.6 cm³/mol. The SMILES string of the molecule is Fc1ccnc(N2CCC(F)C2)c1I. The second kappa shape index (κ2) is 3.96. The highest BCUT2D eigenvalue weighted by Gasteiger charge is 2.24. The maximum atomic E-state index is 13.2. The normalized spacial score (nSPS) is 21.6. The minimum Gasteiger partial charge on any atom is -0.353 e. The standard InChI is InChI=1S/C9H9F2IN2/c10-6-2-4-14(5-6)9-8(12)7(11)1-3-13-9/h1,3,6H,2,4-5H2. The monoisotopic (exact) mass is 310 g/mol. The molecule has 0 spiro atoms. The van der Waals surface area contributed by atoms with Crippen molar-refractivity contribution in [1.82, 2.24) is 4.98 Å². The molecule has 0 N–H and O–H groups in total. The van der Waals surface area contributed by atoms with Gasteiger partial charge < -0.3 is 4.90 Å². The molecule has 1 unspecified atom stereocenters. The lowest BCUT2D eigenvalue weighted by Gasteiger charge is -2.17. The van der Waals surface area contributed by atoms with Crippen molar-refractivity contribution in [2.45, 2.75) is 12.6 Å². The maximum Gasteiger partial charge on any atom is 0.145 e. The lowest BCUT2D eigenvalue weighted by molar-refractivity contribution is 0.364. The number of alkyl halides is 1. The molecule has 1 fully saturated rings. The summed E-state index contributed by atoms with van der Waals surface area (Å²) in [5.74, 6) is 0.267. The van der Waals surface area contributed by atoms with Crippen LogP contribution in [0.2, 0.25) is 0 Å². The molecule has 5 heteroatoms. The Hall–Kier alpha value is -0.460. The van der Waals surface area contributed by atoms with E-state index in [1.165, 1.54) is 12.3 Å². The van der Waals surface area contributed by atoms with Gasteiger partial charge in [0.15, 0.2) is 0 Å². The lowest BCUT2D eigenvalue weighted by Crippen LogP contribution is -2.22. The van der Waals surface area contributed by atoms with Crippen molar-refractivity contribution in [2.24, 2.45) is 0 Å². The molecule has 0 saturated carbocycles. The molecule has 1 aromatic heterocycles. The van der Waals surface area contributed by atoms with Gasteiger partial charge in [-0.3, -0.25) is 0 Å². The van der Waals surface area contributed by atoms with Gasteiger partial charge in [0.2, 0.25) is 0 Å². The van der Waals surface area contributed by atoms with Gasteiger partial charge in [0.25, 0.3) is 0 Å². The molecule has 1 aliphatic rings. The third kappa shape index (κ3) is 1.82. The summed E-state index contributed by atoms with van der Waals surface area (Å²) >= 11 is 1.90. The van der Waals surface area contributed by atoms with Crippen LogP contribution in [0.5, 0.6) is 0 Å². The first kappa shape index (κ1) is 10.1. The van der Waals surface area contributed by atoms with Gasteiger partial charge >= 0.3 is 0 Å². The number of pyridine rings is 1. The van der Waals surface area contributed by atoms with E-state index in [0.29, 0.717) is 28.9 Å². The van der Waals surface area contributed by atoms with Crippen LogP contribution in [0.4, 0.5) is 14.6 Å². The molecule has 2 heterocycles. The van der Waals surface area contributed by atoms with Gasteiger partial charge in [-0.05, 0) is 35.1 Å². The first-order chi connectivity index (χ1) is 6.68. The highest BCUT2D eigenvalue weighted by Crippen LogP contribution is 2.26. The molecular weight excluding hydrogens is 301 g/mol. The van der Waals surface area contributed by atoms with Crippen molar-refractivity contribution in [3.8, 4) is 0 Å². The molecule has 2 rings (SSSR count). The van der Waals surface area contributed by atoms with Crippen LogP contribution in [0.1, 0.15) is 6.42 Å². The summed E-state index contributed by atoms with van der Waals surface area (Å²) in [6.45, 7) is 0.945. The molecule has 0 bridgehead atoms. The number of hydrogen-bond donors (Lipinski definition) is 0. The molecule has 2 nitrogen and oxygen atoms in total. The third-order valence-electron chi connectivity index (χ3n) is 2.25. The number of halogens is 3. The summed E-state index contributed by atoms with van der Waals surface area (Å²) in [6.07, 6.45) is 1.11. The van der Waals surface area contributed by atoms with Crippen molar-refractivity contribution in [1.29, 1.82) is 0 Å². The topological polar surface area (TPSA) is 16.1 Å². The molecule has 1 atom stereocenters. The van der Waals surface area contributed by atoms with Gasteiger partial charge in [-0.2, -0.15) is 0 Å². The first-order valence-corrected chi connectivity index (χ1v) is 5.45. The molecule has 1 saturated heterocycles. The van der Waals surface area contributed by atoms with Crippen LogP contribution in [-0.4, -0.2) is 24.2 Å². The van der Waals surface area contributed by atoms with E-state index in [9.17, 15) is 8.78 Å². The first-order valence-electron chi connectivity index (χ1n) is 4.37. The Bertz CT molecular complexity index is 346. The van der Waals surface area contributed by atoms with Gasteiger partial charge in [-0.1, -0.05) is 0 Å². The van der Waals surface area contributed by atoms with Gasteiger partial charge in [0.05, 0.1) is 10.1 Å². The van der Waals surface area contributed by atoms with Gasteiger partial charge in [0, 0.05) is 12.7 Å². The molecular formula is C9H9F2IN2. The fourth-order valence-corrected chi connectivity index (χ4v) is 2.20. The zero-order valence-electron chi connectivity index (χ0n) is 7.38. The Kier molecular flexibility index (Phi) is 2.85. The third-order valence-corrected chi connectivity index (χ3v) is 3.25. The van der Waals surface area contributed by atoms with E-state index < -0.39 is 6.17 Å². The Morgan fingerprint density at radius 1 is 1.57 bits per heavy atom. The summed E-state index contributed by atoms with van der Waals surface area (Å²) in [5.41, 5.74) is 0. The molecule has 0 aromatic carbocycles. The van der Waals surface area contributed by atoms with Crippen molar-refractivity contribution in [3.63, 3.8) is 0 Å². The van der Waals surface area contributed by atoms with Crippen molar-refractivity contribution < 1.29 is 8.78 Å². The van der Waals surface area contributed by atoms with Crippen molar-refractivity contribution in [3.05, 3.63) is 21.7 Å². The Labute approximate surface area is 94.5 Å². The summed E-state index contributed by atoms with van der Waals surface area (Å²) < 4.78 is 26.6. The number of aromatic nitrogens is 1. The highest BCUT2D eigenvalue weighted by molar-refractivity contribution is 14.1. The van der Waals surface area contributed by atoms with Crippen LogP contribution >= 0.6 is 22.6 Å². The van der Waals surface area contributed by atoms with Crippen LogP contribution in [0.15, 0.2) is 12.3 Å². The summed E-state index contributed by atoms with van der Waals surface area (Å²) in [5, 5.41) is 0. The van der Waals surface area contributed by atoms with Crippen molar-refractivity contribution in [2.75, 3.05) is 18.0 Å². The highest BCUT2D eigenvalue weighted by atomic mass is 127. The number of hydrogen-bond acceptors (Lipinski definition) is 2. The molecule has 76 valence electrons. The smallest absolute Gasteiger partial charge is 0.145 e. The zero-order chi connectivity index (χ0) is 10.1. The minimum absolute atomic E-state index is 0.294. The van der Waals surface area contributed by atoms with Gasteiger partial charge in [0.1, 0.15) is 17.8 Å². The van der Waals surface area contributed by atoms with Crippen LogP contribution in [0.3, 0.4) is 0 Å². The quantitative estimate of drug-likeness (QED) is 0.741. The van der Waals surface area contributed by atoms with Crippen LogP contribution in [-0.2, 0) is 0 Å². The average molecular weight is 310 g/mol. The van der Waals surface area contributed by atoms with Gasteiger partial charge in [-0.15, -0.1) is 0 Å². The largest absolute Gasteiger partial charge is 0.353 e. The molecule has 0 radical (unpaired) electrons. The molecule has 1 aromatic rings. The van der Waals surface area contributed by atoms with E-state index in [-0.39, 0.29) is 5.82 Å². The molecule has 14 heavy (non-hydrogen) atoms.